The number of halogens is 2. The van der Waals surface area contributed by atoms with Crippen LogP contribution in [0, 0.1) is 0 Å². The maximum atomic E-state index is 13.8. The quantitative estimate of drug-likeness (QED) is 0.197. The van der Waals surface area contributed by atoms with Gasteiger partial charge in [0.2, 0.25) is 17.3 Å². The van der Waals surface area contributed by atoms with Crippen molar-refractivity contribution < 1.29 is 68.1 Å². The van der Waals surface area contributed by atoms with Crippen LogP contribution in [0.5, 0.6) is 5.75 Å². The molecular formula is C57H34Cl2N7O8-. The average Bonchev–Trinajstić information content (AvgIpc) is 4.11. The molecule has 9 aromatic rings. The number of pyridine rings is 3. The van der Waals surface area contributed by atoms with E-state index in [4.69, 9.17) is 0 Å². The Morgan fingerprint density at radius 1 is 0.446 bits per heavy atom. The van der Waals surface area contributed by atoms with Crippen molar-refractivity contribution in [3.63, 3.8) is 0 Å². The summed E-state index contributed by atoms with van der Waals surface area (Å²) in [6.45, 7) is 0. The molecule has 0 aliphatic carbocycles. The molecule has 15 nitrogen and oxygen atoms in total. The van der Waals surface area contributed by atoms with Crippen LogP contribution >= 0.6 is 0 Å². The van der Waals surface area contributed by atoms with Crippen LogP contribution in [0.4, 0.5) is 17.1 Å². The van der Waals surface area contributed by atoms with E-state index in [-0.39, 0.29) is 81.2 Å². The van der Waals surface area contributed by atoms with Gasteiger partial charge in [-0.15, -0.1) is 4.58 Å². The molecule has 0 saturated heterocycles. The number of hydrogen-bond acceptors (Lipinski definition) is 11. The van der Waals surface area contributed by atoms with E-state index in [1.165, 1.54) is 49.9 Å². The molecule has 0 atom stereocenters. The number of ketones is 3. The van der Waals surface area contributed by atoms with E-state index in [1.807, 2.05) is 0 Å². The Balaban J connectivity index is 0.000000177. The van der Waals surface area contributed by atoms with E-state index in [0.29, 0.717) is 39.1 Å². The van der Waals surface area contributed by atoms with E-state index in [9.17, 15) is 38.7 Å². The van der Waals surface area contributed by atoms with Crippen molar-refractivity contribution in [1.82, 2.24) is 19.5 Å². The fourth-order valence-electron chi connectivity index (χ4n) is 9.12. The number of hydrogen-bond donors (Lipinski definition) is 1. The van der Waals surface area contributed by atoms with Gasteiger partial charge in [-0.25, -0.2) is 4.79 Å². The number of allylic oxidation sites excluding steroid dienone is 2. The summed E-state index contributed by atoms with van der Waals surface area (Å²) in [4.78, 5) is 111. The highest BCUT2D eigenvalue weighted by atomic mass is 35.5. The topological polar surface area (TPSA) is 193 Å². The van der Waals surface area contributed by atoms with Crippen molar-refractivity contribution in [3.05, 3.63) is 257 Å². The third kappa shape index (κ3) is 8.03. The van der Waals surface area contributed by atoms with Crippen molar-refractivity contribution >= 4 is 74.7 Å². The number of aromatic nitrogens is 4. The van der Waals surface area contributed by atoms with E-state index in [2.05, 4.69) is 15.0 Å². The van der Waals surface area contributed by atoms with Crippen LogP contribution in [0.25, 0.3) is 10.9 Å². The first-order valence-corrected chi connectivity index (χ1v) is 22.3. The van der Waals surface area contributed by atoms with Crippen LogP contribution in [-0.4, -0.2) is 75.9 Å². The molecule has 5 aromatic carbocycles. The molecule has 360 valence electrons. The number of nitrogens with zero attached hydrogens (tertiary/aromatic N) is 7. The maximum absolute atomic E-state index is 13.8. The third-order valence-electron chi connectivity index (χ3n) is 12.3. The van der Waals surface area contributed by atoms with Gasteiger partial charge < -0.3 is 29.9 Å². The smallest absolute Gasteiger partial charge is 0.425 e. The Morgan fingerprint density at radius 2 is 0.878 bits per heavy atom. The summed E-state index contributed by atoms with van der Waals surface area (Å²) >= 11 is 0. The van der Waals surface area contributed by atoms with Gasteiger partial charge in [-0.05, 0) is 91.0 Å². The second-order valence-corrected chi connectivity index (χ2v) is 16.5. The zero-order valence-electron chi connectivity index (χ0n) is 38.2. The number of anilines is 2. The molecule has 12 rings (SSSR count). The maximum Gasteiger partial charge on any atom is 0.425 e. The molecule has 0 radical (unpaired) electrons. The van der Waals surface area contributed by atoms with Crippen molar-refractivity contribution in [2.45, 2.75) is 0 Å². The molecule has 0 fully saturated rings. The van der Waals surface area contributed by atoms with Gasteiger partial charge in [0, 0.05) is 59.8 Å². The molecule has 0 unspecified atom stereocenters. The van der Waals surface area contributed by atoms with Gasteiger partial charge in [0.15, 0.2) is 11.4 Å². The standard InChI is InChI=1S/C29H17N3O4.C28H16N4O4.2ClH/c33-26-20-12-4-6-14-22(20)31(28(35)18-9-2-1-3-10-18)24(26)25-27(34)21-13-5-7-15-23(21)32(25)29(36)19-11-8-16-30-17-19;33-25-19-9-1-3-11-21(19)31(27(35)17-7-5-13-29-15-17)23(25)24-26(34)20-10-2-4-12-22(20)32(24)28(36)18-8-6-14-30-16-18;;/h1-17H;1-16H;2*1H/p-1/b;24-23+;;. The largest absolute Gasteiger partial charge is 1.00 e. The number of aromatic hydroxyl groups is 1. The van der Waals surface area contributed by atoms with Gasteiger partial charge in [-0.3, -0.25) is 58.1 Å². The Morgan fingerprint density at radius 3 is 1.39 bits per heavy atom. The summed E-state index contributed by atoms with van der Waals surface area (Å²) in [6.07, 6.45) is 8.81. The van der Waals surface area contributed by atoms with E-state index < -0.39 is 41.0 Å². The highest BCUT2D eigenvalue weighted by Crippen LogP contribution is 2.44. The first-order chi connectivity index (χ1) is 35.2. The predicted octanol–water partition coefficient (Wildman–Crippen LogP) is 2.68. The van der Waals surface area contributed by atoms with Crippen molar-refractivity contribution in [2.75, 3.05) is 9.80 Å². The van der Waals surface area contributed by atoms with Crippen LogP contribution in [-0.2, 0) is 0 Å². The number of benzene rings is 5. The second kappa shape index (κ2) is 20.1. The van der Waals surface area contributed by atoms with E-state index in [0.717, 1.165) is 0 Å². The predicted molar refractivity (Wildman–Crippen MR) is 264 cm³/mol. The molecule has 74 heavy (non-hydrogen) atoms. The Kier molecular flexibility index (Phi) is 13.4. The minimum atomic E-state index is -0.540. The molecule has 0 saturated carbocycles. The number of fused-ring (bicyclic) bond motifs is 4. The van der Waals surface area contributed by atoms with Gasteiger partial charge in [0.25, 0.3) is 29.2 Å². The second-order valence-electron chi connectivity index (χ2n) is 16.5. The summed E-state index contributed by atoms with van der Waals surface area (Å²) < 4.78 is 2.57. The monoisotopic (exact) mass is 1010 g/mol. The third-order valence-corrected chi connectivity index (χ3v) is 12.3. The molecule has 7 heterocycles. The number of carbonyl (C=O) groups is 7. The number of carbonyl (C=O) groups excluding carboxylic acids is 7. The summed E-state index contributed by atoms with van der Waals surface area (Å²) in [6, 6.07) is 45.0. The molecule has 17 heteroatoms. The first kappa shape index (κ1) is 49.2. The Bertz CT molecular complexity index is 3740. The lowest BCUT2D eigenvalue weighted by atomic mass is 10.1. The molecule has 3 aliphatic rings. The fourth-order valence-corrected chi connectivity index (χ4v) is 9.12. The fraction of sp³-hybridized carbons (Fsp3) is 0. The highest BCUT2D eigenvalue weighted by Gasteiger charge is 2.49. The molecule has 0 bridgehead atoms. The lowest BCUT2D eigenvalue weighted by molar-refractivity contribution is -0.330. The zero-order chi connectivity index (χ0) is 49.6. The summed E-state index contributed by atoms with van der Waals surface area (Å²) in [7, 11) is 0. The highest BCUT2D eigenvalue weighted by molar-refractivity contribution is 6.54. The van der Waals surface area contributed by atoms with Gasteiger partial charge in [0.1, 0.15) is 17.0 Å². The Hall–Kier alpha value is -9.83. The summed E-state index contributed by atoms with van der Waals surface area (Å²) in [5.41, 5.74) is 2.88. The van der Waals surface area contributed by atoms with Gasteiger partial charge in [-0.1, -0.05) is 66.7 Å². The minimum absolute atomic E-state index is 0. The first-order valence-electron chi connectivity index (χ1n) is 22.3. The van der Waals surface area contributed by atoms with Gasteiger partial charge in [-0.2, -0.15) is 0 Å². The molecular weight excluding hydrogens is 982 g/mol. The van der Waals surface area contributed by atoms with Gasteiger partial charge >= 0.3 is 5.91 Å². The normalized spacial score (nSPS) is 14.1. The summed E-state index contributed by atoms with van der Waals surface area (Å²) in [5, 5.41) is 11.8. The number of rotatable bonds is 5. The van der Waals surface area contributed by atoms with Crippen LogP contribution in [0.1, 0.15) is 78.2 Å². The van der Waals surface area contributed by atoms with E-state index in [1.54, 1.807) is 170 Å². The zero-order valence-corrected chi connectivity index (χ0v) is 39.8. The average molecular weight is 1020 g/mol. The summed E-state index contributed by atoms with van der Waals surface area (Å²) in [5.74, 6) is -3.79. The molecule has 0 spiro atoms. The number of amides is 3. The minimum Gasteiger partial charge on any atom is -1.00 e. The van der Waals surface area contributed by atoms with Crippen molar-refractivity contribution in [1.29, 1.82) is 0 Å². The van der Waals surface area contributed by atoms with Crippen LogP contribution in [0.3, 0.4) is 0 Å². The number of para-hydroxylation sites is 4. The molecule has 3 amide bonds. The van der Waals surface area contributed by atoms with Gasteiger partial charge in [0.05, 0.1) is 39.1 Å². The molecule has 4 aromatic heterocycles. The molecule has 1 N–H and O–H groups in total. The van der Waals surface area contributed by atoms with Crippen LogP contribution < -0.4 is 34.6 Å². The Labute approximate surface area is 432 Å². The lowest BCUT2D eigenvalue weighted by Crippen LogP contribution is -3.00. The SMILES string of the molecule is O=C1/C(=C2/C(=O)c3ccccc3N2C(=O)c2cccnc2)N(C(=O)c2cccnc2)c2ccccc21.O=C1C(c2c(O)c3ccccc3n2C(=O)c2cccnc2)=[N+](C(=O)c2ccccc2)c2ccccc21.[Cl-].[Cl-]. The lowest BCUT2D eigenvalue weighted by Gasteiger charge is -2.24. The van der Waals surface area contributed by atoms with E-state index >= 15 is 0 Å². The molecule has 3 aliphatic heterocycles. The van der Waals surface area contributed by atoms with Crippen molar-refractivity contribution in [2.24, 2.45) is 0 Å². The van der Waals surface area contributed by atoms with Crippen LogP contribution in [0.15, 0.2) is 212 Å². The number of Topliss-reactive ketones (excluding diaryl/α,β-unsaturated/α-hetero) is 3. The van der Waals surface area contributed by atoms with Crippen molar-refractivity contribution in [3.8, 4) is 5.75 Å². The van der Waals surface area contributed by atoms with Crippen LogP contribution in [0.2, 0.25) is 0 Å².